The number of amides is 3. The number of benzene rings is 3. The van der Waals surface area contributed by atoms with Crippen molar-refractivity contribution in [2.45, 2.75) is 13.0 Å². The van der Waals surface area contributed by atoms with Gasteiger partial charge < -0.3 is 10.1 Å². The van der Waals surface area contributed by atoms with Crippen molar-refractivity contribution in [1.82, 2.24) is 5.32 Å². The third-order valence-corrected chi connectivity index (χ3v) is 4.73. The Kier molecular flexibility index (Phi) is 6.45. The first kappa shape index (κ1) is 19.6. The summed E-state index contributed by atoms with van der Waals surface area (Å²) in [5, 5.41) is 4.94. The molecule has 0 spiro atoms. The number of carbonyl (C=O) groups excluding carboxylic acids is 2. The van der Waals surface area contributed by atoms with Crippen LogP contribution in [-0.2, 0) is 0 Å². The van der Waals surface area contributed by atoms with Crippen molar-refractivity contribution in [3.63, 3.8) is 0 Å². The second kappa shape index (κ2) is 9.19. The minimum atomic E-state index is -0.605. The topological polar surface area (TPSA) is 67.4 Å². The Hall–Kier alpha value is -3.12. The molecule has 2 N–H and O–H groups in total. The van der Waals surface area contributed by atoms with Crippen LogP contribution < -0.4 is 15.4 Å². The van der Waals surface area contributed by atoms with E-state index in [0.29, 0.717) is 21.5 Å². The van der Waals surface area contributed by atoms with Gasteiger partial charge in [-0.05, 0) is 64.8 Å². The van der Waals surface area contributed by atoms with Crippen LogP contribution in [0.3, 0.4) is 0 Å². The van der Waals surface area contributed by atoms with Crippen LogP contribution in [0.5, 0.6) is 5.75 Å². The molecule has 0 fully saturated rings. The summed E-state index contributed by atoms with van der Waals surface area (Å²) in [6.45, 7) is 1.97. The zero-order valence-electron chi connectivity index (χ0n) is 15.2. The van der Waals surface area contributed by atoms with Gasteiger partial charge >= 0.3 is 6.03 Å². The number of rotatable bonds is 5. The lowest BCUT2D eigenvalue weighted by Crippen LogP contribution is -2.34. The Bertz CT molecular complexity index is 959. The van der Waals surface area contributed by atoms with Gasteiger partial charge in [-0.3, -0.25) is 10.1 Å². The molecule has 3 rings (SSSR count). The molecule has 0 saturated heterocycles. The van der Waals surface area contributed by atoms with Crippen molar-refractivity contribution >= 4 is 33.6 Å². The molecule has 3 aromatic rings. The summed E-state index contributed by atoms with van der Waals surface area (Å²) in [6, 6.07) is 23.2. The standard InChI is InChI=1S/C22H19BrN2O3/c1-15(16-7-3-2-4-8-16)28-18-13-11-17(12-14-18)24-22(27)25-21(26)19-9-5-6-10-20(19)23/h2-15H,1H3,(H2,24,25,26,27). The van der Waals surface area contributed by atoms with Crippen LogP contribution in [0.15, 0.2) is 83.3 Å². The third-order valence-electron chi connectivity index (χ3n) is 4.04. The molecule has 0 heterocycles. The minimum absolute atomic E-state index is 0.0924. The lowest BCUT2D eigenvalue weighted by Gasteiger charge is -2.15. The molecule has 0 aromatic heterocycles. The van der Waals surface area contributed by atoms with Crippen LogP contribution in [0.1, 0.15) is 28.9 Å². The Morgan fingerprint density at radius 2 is 1.54 bits per heavy atom. The predicted molar refractivity (Wildman–Crippen MR) is 113 cm³/mol. The number of hydrogen-bond donors (Lipinski definition) is 2. The van der Waals surface area contributed by atoms with Crippen molar-refractivity contribution in [3.8, 4) is 5.75 Å². The molecule has 0 saturated carbocycles. The first-order chi connectivity index (χ1) is 13.5. The fourth-order valence-corrected chi connectivity index (χ4v) is 3.06. The van der Waals surface area contributed by atoms with Crippen LogP contribution in [0.25, 0.3) is 0 Å². The quantitative estimate of drug-likeness (QED) is 0.548. The van der Waals surface area contributed by atoms with E-state index in [0.717, 1.165) is 5.56 Å². The van der Waals surface area contributed by atoms with Crippen molar-refractivity contribution < 1.29 is 14.3 Å². The average Bonchev–Trinajstić information content (AvgIpc) is 2.70. The maximum atomic E-state index is 12.2. The molecule has 5 nitrogen and oxygen atoms in total. The van der Waals surface area contributed by atoms with Gasteiger partial charge in [-0.1, -0.05) is 42.5 Å². The Balaban J connectivity index is 1.56. The predicted octanol–water partition coefficient (Wildman–Crippen LogP) is 5.55. The first-order valence-electron chi connectivity index (χ1n) is 8.71. The summed E-state index contributed by atoms with van der Waals surface area (Å²) in [4.78, 5) is 24.2. The Morgan fingerprint density at radius 1 is 0.893 bits per heavy atom. The maximum absolute atomic E-state index is 12.2. The SMILES string of the molecule is CC(Oc1ccc(NC(=O)NC(=O)c2ccccc2Br)cc1)c1ccccc1. The van der Waals surface area contributed by atoms with Gasteiger partial charge in [-0.15, -0.1) is 0 Å². The number of imide groups is 1. The van der Waals surface area contributed by atoms with E-state index >= 15 is 0 Å². The molecule has 142 valence electrons. The zero-order chi connectivity index (χ0) is 19.9. The molecule has 0 aliphatic heterocycles. The summed E-state index contributed by atoms with van der Waals surface area (Å²) >= 11 is 3.29. The minimum Gasteiger partial charge on any atom is -0.486 e. The highest BCUT2D eigenvalue weighted by molar-refractivity contribution is 9.10. The van der Waals surface area contributed by atoms with Gasteiger partial charge in [-0.25, -0.2) is 4.79 Å². The number of halogens is 1. The molecule has 6 heteroatoms. The van der Waals surface area contributed by atoms with E-state index in [1.165, 1.54) is 0 Å². The first-order valence-corrected chi connectivity index (χ1v) is 9.51. The van der Waals surface area contributed by atoms with Crippen LogP contribution in [0.2, 0.25) is 0 Å². The Labute approximate surface area is 171 Å². The zero-order valence-corrected chi connectivity index (χ0v) is 16.8. The lowest BCUT2D eigenvalue weighted by molar-refractivity contribution is 0.0966. The van der Waals surface area contributed by atoms with Crippen molar-refractivity contribution in [2.24, 2.45) is 0 Å². The highest BCUT2D eigenvalue weighted by atomic mass is 79.9. The normalized spacial score (nSPS) is 11.4. The van der Waals surface area contributed by atoms with Crippen molar-refractivity contribution in [2.75, 3.05) is 5.32 Å². The molecule has 0 radical (unpaired) electrons. The molecule has 0 bridgehead atoms. The fraction of sp³-hybridized carbons (Fsp3) is 0.0909. The molecule has 3 amide bonds. The highest BCUT2D eigenvalue weighted by Gasteiger charge is 2.13. The van der Waals surface area contributed by atoms with Gasteiger partial charge in [-0.2, -0.15) is 0 Å². The molecule has 0 aliphatic rings. The van der Waals surface area contributed by atoms with E-state index in [1.807, 2.05) is 37.3 Å². The second-order valence-corrected chi connectivity index (χ2v) is 6.94. The third kappa shape index (κ3) is 5.20. The average molecular weight is 439 g/mol. The largest absolute Gasteiger partial charge is 0.486 e. The monoisotopic (exact) mass is 438 g/mol. The van der Waals surface area contributed by atoms with Crippen molar-refractivity contribution in [1.29, 1.82) is 0 Å². The van der Waals surface area contributed by atoms with E-state index in [9.17, 15) is 9.59 Å². The van der Waals surface area contributed by atoms with Gasteiger partial charge in [0.1, 0.15) is 11.9 Å². The summed E-state index contributed by atoms with van der Waals surface area (Å²) in [5.74, 6) is 0.202. The Morgan fingerprint density at radius 3 is 2.21 bits per heavy atom. The van der Waals surface area contributed by atoms with Crippen LogP contribution >= 0.6 is 15.9 Å². The molecule has 0 aliphatic carbocycles. The van der Waals surface area contributed by atoms with E-state index in [2.05, 4.69) is 26.6 Å². The second-order valence-electron chi connectivity index (χ2n) is 6.08. The lowest BCUT2D eigenvalue weighted by atomic mass is 10.1. The summed E-state index contributed by atoms with van der Waals surface area (Å²) in [5.41, 5.74) is 2.02. The van der Waals surface area contributed by atoms with E-state index in [-0.39, 0.29) is 6.10 Å². The van der Waals surface area contributed by atoms with Gasteiger partial charge in [0.05, 0.1) is 5.56 Å². The van der Waals surface area contributed by atoms with Gasteiger partial charge in [0, 0.05) is 10.2 Å². The van der Waals surface area contributed by atoms with Crippen LogP contribution in [0.4, 0.5) is 10.5 Å². The fourth-order valence-electron chi connectivity index (χ4n) is 2.59. The number of carbonyl (C=O) groups is 2. The smallest absolute Gasteiger partial charge is 0.326 e. The molecule has 1 unspecified atom stereocenters. The van der Waals surface area contributed by atoms with E-state index in [4.69, 9.17) is 4.74 Å². The molecule has 3 aromatic carbocycles. The van der Waals surface area contributed by atoms with Gasteiger partial charge in [0.2, 0.25) is 0 Å². The summed E-state index contributed by atoms with van der Waals surface area (Å²) in [6.07, 6.45) is -0.0924. The summed E-state index contributed by atoms with van der Waals surface area (Å²) < 4.78 is 6.53. The molecule has 28 heavy (non-hydrogen) atoms. The van der Waals surface area contributed by atoms with Crippen LogP contribution in [-0.4, -0.2) is 11.9 Å². The molecule has 1 atom stereocenters. The number of urea groups is 1. The van der Waals surface area contributed by atoms with Gasteiger partial charge in [0.25, 0.3) is 5.91 Å². The summed E-state index contributed by atoms with van der Waals surface area (Å²) in [7, 11) is 0. The molecular weight excluding hydrogens is 420 g/mol. The molecular formula is C22H19BrN2O3. The van der Waals surface area contributed by atoms with E-state index in [1.54, 1.807) is 48.5 Å². The maximum Gasteiger partial charge on any atom is 0.326 e. The number of anilines is 1. The van der Waals surface area contributed by atoms with Crippen molar-refractivity contribution in [3.05, 3.63) is 94.5 Å². The van der Waals surface area contributed by atoms with Crippen LogP contribution in [0, 0.1) is 0 Å². The highest BCUT2D eigenvalue weighted by Crippen LogP contribution is 2.23. The number of nitrogens with one attached hydrogen (secondary N) is 2. The number of hydrogen-bond acceptors (Lipinski definition) is 3. The number of ether oxygens (including phenoxy) is 1. The van der Waals surface area contributed by atoms with Gasteiger partial charge in [0.15, 0.2) is 0 Å². The van der Waals surface area contributed by atoms with E-state index < -0.39 is 11.9 Å².